The topological polar surface area (TPSA) is 174 Å². The van der Waals surface area contributed by atoms with E-state index < -0.39 is 33.1 Å². The number of nitrogens with zero attached hydrogens (tertiary/aromatic N) is 1. The van der Waals surface area contributed by atoms with Crippen molar-refractivity contribution in [3.63, 3.8) is 0 Å². The second-order valence-electron chi connectivity index (χ2n) is 5.40. The number of hydrogen-bond acceptors (Lipinski definition) is 9. The second-order valence-corrected chi connectivity index (χ2v) is 9.37. The van der Waals surface area contributed by atoms with E-state index in [1.807, 2.05) is 0 Å². The van der Waals surface area contributed by atoms with Gasteiger partial charge in [0.05, 0.1) is 6.42 Å². The molecule has 0 radical (unpaired) electrons. The van der Waals surface area contributed by atoms with E-state index >= 15 is 0 Å². The normalized spacial score (nSPS) is 28.2. The molecule has 0 spiro atoms. The van der Waals surface area contributed by atoms with Gasteiger partial charge in [0.2, 0.25) is 0 Å². The standard InChI is InChI=1S/C10H18N2O7P2/c13-9(7-4-2-1-3-5-7)8-6-10(12-11-8,20(14,15)16)21(17,18)19/h7,12H,1-6H2,(H2,14,15,16)(H2,17,18,19)/p-2. The average Bonchev–Trinajstić information content (AvgIpc) is 2.84. The summed E-state index contributed by atoms with van der Waals surface area (Å²) in [6.45, 7) is 0. The predicted molar refractivity (Wildman–Crippen MR) is 67.8 cm³/mol. The summed E-state index contributed by atoms with van der Waals surface area (Å²) < 4.78 is 0. The zero-order chi connectivity index (χ0) is 15.9. The van der Waals surface area contributed by atoms with E-state index in [4.69, 9.17) is 0 Å². The van der Waals surface area contributed by atoms with Gasteiger partial charge in [0.1, 0.15) is 5.71 Å². The van der Waals surface area contributed by atoms with Crippen LogP contribution in [0, 0.1) is 5.92 Å². The van der Waals surface area contributed by atoms with Gasteiger partial charge in [0.25, 0.3) is 13.0 Å². The molecule has 11 heteroatoms. The van der Waals surface area contributed by atoms with E-state index in [0.29, 0.717) is 12.8 Å². The highest BCUT2D eigenvalue weighted by Crippen LogP contribution is 2.70. The predicted octanol–water partition coefficient (Wildman–Crippen LogP) is -2.91. The fourth-order valence-electron chi connectivity index (χ4n) is 2.70. The van der Waals surface area contributed by atoms with Crippen LogP contribution in [0.4, 0.5) is 0 Å². The van der Waals surface area contributed by atoms with Crippen LogP contribution in [-0.4, -0.2) is 26.3 Å². The summed E-state index contributed by atoms with van der Waals surface area (Å²) in [5, 5.41) is 0.408. The van der Waals surface area contributed by atoms with Crippen LogP contribution >= 0.6 is 15.9 Å². The third-order valence-electron chi connectivity index (χ3n) is 3.98. The van der Waals surface area contributed by atoms with E-state index in [2.05, 4.69) is 5.10 Å². The maximum Gasteiger partial charge on any atom is 0.298 e. The first-order chi connectivity index (χ1) is 9.58. The third kappa shape index (κ3) is 3.11. The van der Waals surface area contributed by atoms with E-state index in [9.17, 15) is 34.2 Å². The Morgan fingerprint density at radius 2 is 1.76 bits per heavy atom. The van der Waals surface area contributed by atoms with E-state index in [1.54, 1.807) is 5.43 Å². The van der Waals surface area contributed by atoms with Crippen molar-refractivity contribution in [1.82, 2.24) is 5.43 Å². The fourth-order valence-corrected chi connectivity index (χ4v) is 5.03. The number of nitrogens with one attached hydrogen (secondary N) is 1. The first kappa shape index (κ1) is 17.1. The molecule has 0 aromatic heterocycles. The van der Waals surface area contributed by atoms with Crippen LogP contribution in [0.5, 0.6) is 0 Å². The largest absolute Gasteiger partial charge is 0.683 e. The molecule has 1 saturated carbocycles. The first-order valence-electron chi connectivity index (χ1n) is 6.54. The molecule has 3 N–H and O–H groups in total. The molecule has 1 unspecified atom stereocenters. The van der Waals surface area contributed by atoms with Crippen LogP contribution in [0.2, 0.25) is 0 Å². The lowest BCUT2D eigenvalue weighted by molar-refractivity contribution is -0.434. The number of hydrazone groups is 1. The summed E-state index contributed by atoms with van der Waals surface area (Å²) in [5.74, 6) is -0.768. The quantitative estimate of drug-likeness (QED) is 0.457. The van der Waals surface area contributed by atoms with Crippen molar-refractivity contribution < 1.29 is 34.2 Å². The number of hydrogen-bond donors (Lipinski definition) is 3. The van der Waals surface area contributed by atoms with Gasteiger partial charge in [-0.1, -0.05) is 27.2 Å². The fraction of sp³-hybridized carbons (Fsp3) is 0.800. The zero-order valence-electron chi connectivity index (χ0n) is 11.1. The molecule has 0 aromatic rings. The molecule has 120 valence electrons. The van der Waals surface area contributed by atoms with Crippen molar-refractivity contribution in [2.24, 2.45) is 11.0 Å². The number of ketones is 1. The van der Waals surface area contributed by atoms with Gasteiger partial charge < -0.3 is 19.6 Å². The molecule has 0 saturated heterocycles. The second kappa shape index (κ2) is 5.76. The molecular weight excluding hydrogens is 322 g/mol. The number of carbonyl (C=O) groups excluding carboxylic acids is 1. The van der Waals surface area contributed by atoms with Crippen LogP contribution in [0.25, 0.3) is 0 Å². The van der Waals surface area contributed by atoms with Crippen molar-refractivity contribution in [3.8, 4) is 0 Å². The smallest absolute Gasteiger partial charge is 0.298 e. The Bertz CT molecular complexity index is 437. The Labute approximate surface area is 122 Å². The summed E-state index contributed by atoms with van der Waals surface area (Å²) in [4.78, 5) is 75.9. The van der Waals surface area contributed by atoms with Crippen molar-refractivity contribution >= 4 is 27.4 Å². The molecule has 2 aliphatic rings. The Hall–Kier alpha value is -0.240. The van der Waals surface area contributed by atoms with Gasteiger partial charge in [0.15, 0.2) is 5.78 Å². The molecule has 1 aliphatic carbocycles. The minimum atomic E-state index is -5.72. The van der Waals surface area contributed by atoms with Gasteiger partial charge in [-0.3, -0.25) is 4.79 Å². The molecule has 21 heavy (non-hydrogen) atoms. The summed E-state index contributed by atoms with van der Waals surface area (Å²) in [6.07, 6.45) is 3.11. The molecule has 1 atom stereocenters. The van der Waals surface area contributed by atoms with Gasteiger partial charge >= 0.3 is 0 Å². The lowest BCUT2D eigenvalue weighted by Crippen LogP contribution is -2.58. The van der Waals surface area contributed by atoms with E-state index in [1.165, 1.54) is 0 Å². The highest BCUT2D eigenvalue weighted by atomic mass is 31.3. The van der Waals surface area contributed by atoms with Gasteiger partial charge in [-0.2, -0.15) is 5.10 Å². The maximum absolute atomic E-state index is 12.2. The van der Waals surface area contributed by atoms with Crippen LogP contribution in [0.3, 0.4) is 0 Å². The molecular formula is C10H16N2O7P2-2. The molecule has 0 bridgehead atoms. The van der Waals surface area contributed by atoms with Crippen LogP contribution in [0.1, 0.15) is 38.5 Å². The Balaban J connectivity index is 2.18. The monoisotopic (exact) mass is 338 g/mol. The van der Waals surface area contributed by atoms with Crippen molar-refractivity contribution in [1.29, 1.82) is 0 Å². The van der Waals surface area contributed by atoms with Gasteiger partial charge in [-0.15, -0.1) is 0 Å². The number of carbonyl (C=O) groups is 1. The van der Waals surface area contributed by atoms with Gasteiger partial charge in [-0.25, -0.2) is 15.2 Å². The van der Waals surface area contributed by atoms with Crippen molar-refractivity contribution in [2.45, 2.75) is 43.5 Å². The minimum absolute atomic E-state index is 0.280. The Morgan fingerprint density at radius 3 is 2.19 bits per heavy atom. The van der Waals surface area contributed by atoms with E-state index in [-0.39, 0.29) is 11.6 Å². The highest BCUT2D eigenvalue weighted by molar-refractivity contribution is 7.76. The maximum atomic E-state index is 12.2. The Morgan fingerprint density at radius 1 is 1.19 bits per heavy atom. The van der Waals surface area contributed by atoms with Crippen molar-refractivity contribution in [3.05, 3.63) is 0 Å². The minimum Gasteiger partial charge on any atom is -0.683 e. The van der Waals surface area contributed by atoms with E-state index in [0.717, 1.165) is 19.3 Å². The lowest BCUT2D eigenvalue weighted by atomic mass is 9.84. The third-order valence-corrected chi connectivity index (χ3v) is 7.88. The molecule has 1 heterocycles. The summed E-state index contributed by atoms with van der Waals surface area (Å²) in [6, 6.07) is 0. The summed E-state index contributed by atoms with van der Waals surface area (Å²) in [5.41, 5.74) is 1.46. The molecule has 9 nitrogen and oxygen atoms in total. The molecule has 2 rings (SSSR count). The first-order valence-corrected chi connectivity index (χ1v) is 9.70. The van der Waals surface area contributed by atoms with Crippen LogP contribution < -0.4 is 25.0 Å². The van der Waals surface area contributed by atoms with Crippen molar-refractivity contribution in [2.75, 3.05) is 0 Å². The number of rotatable bonds is 4. The van der Waals surface area contributed by atoms with Gasteiger partial charge in [-0.05, 0) is 12.8 Å². The van der Waals surface area contributed by atoms with Crippen LogP contribution in [0.15, 0.2) is 5.10 Å². The molecule has 1 fully saturated rings. The zero-order valence-corrected chi connectivity index (χ0v) is 12.9. The Kier molecular flexibility index (Phi) is 4.69. The highest BCUT2D eigenvalue weighted by Gasteiger charge is 2.62. The van der Waals surface area contributed by atoms with Crippen LogP contribution in [-0.2, 0) is 4.79 Å². The molecule has 0 amide bonds. The summed E-state index contributed by atoms with van der Waals surface area (Å²) >= 11 is 0. The molecule has 1 aliphatic heterocycles. The number of Topliss-reactive ketones (excluding diaryl/α,β-unsaturated/α-hetero) is 1. The summed E-state index contributed by atoms with van der Waals surface area (Å²) in [7, 11) is -11.1. The molecule has 0 aromatic carbocycles. The van der Waals surface area contributed by atoms with Gasteiger partial charge in [0, 0.05) is 5.92 Å². The lowest BCUT2D eigenvalue weighted by Gasteiger charge is -2.53. The average molecular weight is 338 g/mol. The SMILES string of the molecule is O=C(C1=NNC([P+]([O-])([O-])[O-])([P+]([O-])(O)O)C1)C1CCCCC1.